The highest BCUT2D eigenvalue weighted by atomic mass is 79.9. The molecule has 0 aliphatic rings. The van der Waals surface area contributed by atoms with Crippen LogP contribution in [0.25, 0.3) is 0 Å². The van der Waals surface area contributed by atoms with Gasteiger partial charge in [-0.2, -0.15) is 0 Å². The van der Waals surface area contributed by atoms with E-state index >= 15 is 0 Å². The lowest BCUT2D eigenvalue weighted by Crippen LogP contribution is -2.31. The third kappa shape index (κ3) is 4.24. The predicted molar refractivity (Wildman–Crippen MR) is 71.5 cm³/mol. The molecule has 2 N–H and O–H groups in total. The van der Waals surface area contributed by atoms with Gasteiger partial charge in [-0.15, -0.1) is 0 Å². The Bertz CT molecular complexity index is 327. The Morgan fingerprint density at radius 2 is 1.88 bits per heavy atom. The molecule has 16 heavy (non-hydrogen) atoms. The molecule has 3 atom stereocenters. The van der Waals surface area contributed by atoms with Crippen LogP contribution in [0.5, 0.6) is 0 Å². The van der Waals surface area contributed by atoms with Crippen LogP contribution in [-0.4, -0.2) is 17.3 Å². The Morgan fingerprint density at radius 3 is 2.44 bits per heavy atom. The maximum Gasteiger partial charge on any atom is 0.0526 e. The largest absolute Gasteiger partial charge is 0.393 e. The van der Waals surface area contributed by atoms with Crippen LogP contribution < -0.4 is 5.32 Å². The molecule has 0 heterocycles. The summed E-state index contributed by atoms with van der Waals surface area (Å²) < 4.78 is 1.12. The SMILES string of the molecule is CC(O)CC(C)NC(C)c1ccccc1Br. The van der Waals surface area contributed by atoms with E-state index < -0.39 is 0 Å². The van der Waals surface area contributed by atoms with Crippen molar-refractivity contribution in [3.8, 4) is 0 Å². The number of hydrogen-bond acceptors (Lipinski definition) is 2. The van der Waals surface area contributed by atoms with Gasteiger partial charge in [-0.25, -0.2) is 0 Å². The second-order valence-corrected chi connectivity index (χ2v) is 5.25. The van der Waals surface area contributed by atoms with Crippen LogP contribution in [0.2, 0.25) is 0 Å². The lowest BCUT2D eigenvalue weighted by Gasteiger charge is -2.22. The molecule has 90 valence electrons. The van der Waals surface area contributed by atoms with Crippen molar-refractivity contribution in [2.24, 2.45) is 0 Å². The fourth-order valence-corrected chi connectivity index (χ4v) is 2.55. The summed E-state index contributed by atoms with van der Waals surface area (Å²) in [5, 5.41) is 12.8. The van der Waals surface area contributed by atoms with Gasteiger partial charge in [-0.1, -0.05) is 34.1 Å². The molecule has 0 aliphatic carbocycles. The van der Waals surface area contributed by atoms with E-state index in [0.29, 0.717) is 6.04 Å². The van der Waals surface area contributed by atoms with Crippen molar-refractivity contribution in [2.45, 2.75) is 45.4 Å². The Balaban J connectivity index is 2.58. The van der Waals surface area contributed by atoms with Crippen LogP contribution in [0.3, 0.4) is 0 Å². The van der Waals surface area contributed by atoms with Gasteiger partial charge in [0.2, 0.25) is 0 Å². The fourth-order valence-electron chi connectivity index (χ4n) is 1.92. The molecule has 0 bridgehead atoms. The van der Waals surface area contributed by atoms with Gasteiger partial charge in [-0.3, -0.25) is 0 Å². The van der Waals surface area contributed by atoms with Crippen LogP contribution in [0.1, 0.15) is 38.8 Å². The summed E-state index contributed by atoms with van der Waals surface area (Å²) in [4.78, 5) is 0. The van der Waals surface area contributed by atoms with Crippen molar-refractivity contribution in [3.63, 3.8) is 0 Å². The molecule has 0 fully saturated rings. The highest BCUT2D eigenvalue weighted by molar-refractivity contribution is 9.10. The predicted octanol–water partition coefficient (Wildman–Crippen LogP) is 3.26. The minimum atomic E-state index is -0.256. The van der Waals surface area contributed by atoms with Crippen molar-refractivity contribution in [1.29, 1.82) is 0 Å². The molecule has 3 heteroatoms. The van der Waals surface area contributed by atoms with Crippen LogP contribution in [0, 0.1) is 0 Å². The van der Waals surface area contributed by atoms with E-state index in [9.17, 15) is 5.11 Å². The molecule has 0 radical (unpaired) electrons. The molecular formula is C13H20BrNO. The van der Waals surface area contributed by atoms with E-state index in [1.165, 1.54) is 5.56 Å². The Kier molecular flexibility index (Phi) is 5.46. The summed E-state index contributed by atoms with van der Waals surface area (Å²) in [5.74, 6) is 0. The van der Waals surface area contributed by atoms with Crippen molar-refractivity contribution in [2.75, 3.05) is 0 Å². The van der Waals surface area contributed by atoms with E-state index in [-0.39, 0.29) is 12.1 Å². The van der Waals surface area contributed by atoms with E-state index in [1.807, 2.05) is 25.1 Å². The Morgan fingerprint density at radius 1 is 1.25 bits per heavy atom. The second-order valence-electron chi connectivity index (χ2n) is 4.40. The molecule has 1 aromatic carbocycles. The number of rotatable bonds is 5. The maximum atomic E-state index is 9.31. The molecule has 1 rings (SSSR count). The summed E-state index contributed by atoms with van der Waals surface area (Å²) in [7, 11) is 0. The van der Waals surface area contributed by atoms with Crippen molar-refractivity contribution in [1.82, 2.24) is 5.32 Å². The summed E-state index contributed by atoms with van der Waals surface area (Å²) in [5.41, 5.74) is 1.25. The first-order valence-corrected chi connectivity index (χ1v) is 6.48. The van der Waals surface area contributed by atoms with Crippen molar-refractivity contribution < 1.29 is 5.11 Å². The zero-order chi connectivity index (χ0) is 12.1. The van der Waals surface area contributed by atoms with Crippen molar-refractivity contribution >= 4 is 15.9 Å². The molecule has 0 spiro atoms. The van der Waals surface area contributed by atoms with Crippen LogP contribution in [0.15, 0.2) is 28.7 Å². The zero-order valence-corrected chi connectivity index (χ0v) is 11.7. The molecule has 2 nitrogen and oxygen atoms in total. The molecule has 0 aliphatic heterocycles. The highest BCUT2D eigenvalue weighted by Crippen LogP contribution is 2.23. The summed E-state index contributed by atoms with van der Waals surface area (Å²) >= 11 is 3.55. The molecule has 0 aromatic heterocycles. The average Bonchev–Trinajstić information content (AvgIpc) is 2.16. The normalized spacial score (nSPS) is 16.8. The monoisotopic (exact) mass is 285 g/mol. The van der Waals surface area contributed by atoms with Crippen LogP contribution in [0.4, 0.5) is 0 Å². The second kappa shape index (κ2) is 6.38. The summed E-state index contributed by atoms with van der Waals surface area (Å²) in [6.07, 6.45) is 0.517. The Labute approximate surface area is 106 Å². The third-order valence-corrected chi connectivity index (χ3v) is 3.32. The quantitative estimate of drug-likeness (QED) is 0.870. The van der Waals surface area contributed by atoms with E-state index in [4.69, 9.17) is 0 Å². The van der Waals surface area contributed by atoms with Crippen LogP contribution >= 0.6 is 15.9 Å². The maximum absolute atomic E-state index is 9.31. The highest BCUT2D eigenvalue weighted by Gasteiger charge is 2.12. The molecule has 3 unspecified atom stereocenters. The minimum Gasteiger partial charge on any atom is -0.393 e. The van der Waals surface area contributed by atoms with E-state index in [2.05, 4.69) is 41.2 Å². The number of aliphatic hydroxyl groups is 1. The van der Waals surface area contributed by atoms with Gasteiger partial charge in [0, 0.05) is 16.6 Å². The van der Waals surface area contributed by atoms with E-state index in [1.54, 1.807) is 0 Å². The van der Waals surface area contributed by atoms with Gasteiger partial charge < -0.3 is 10.4 Å². The number of nitrogens with one attached hydrogen (secondary N) is 1. The average molecular weight is 286 g/mol. The van der Waals surface area contributed by atoms with Gasteiger partial charge >= 0.3 is 0 Å². The summed E-state index contributed by atoms with van der Waals surface area (Å²) in [6.45, 7) is 6.06. The Hall–Kier alpha value is -0.380. The number of halogens is 1. The third-order valence-electron chi connectivity index (χ3n) is 2.60. The minimum absolute atomic E-state index is 0.256. The molecule has 0 amide bonds. The van der Waals surface area contributed by atoms with Gasteiger partial charge in [0.1, 0.15) is 0 Å². The van der Waals surface area contributed by atoms with Gasteiger partial charge in [0.25, 0.3) is 0 Å². The first kappa shape index (κ1) is 13.7. The first-order valence-electron chi connectivity index (χ1n) is 5.69. The smallest absolute Gasteiger partial charge is 0.0526 e. The lowest BCUT2D eigenvalue weighted by molar-refractivity contribution is 0.168. The lowest BCUT2D eigenvalue weighted by atomic mass is 10.1. The standard InChI is InChI=1S/C13H20BrNO/c1-9(8-10(2)16)15-11(3)12-6-4-5-7-13(12)14/h4-7,9-11,15-16H,8H2,1-3H3. The fraction of sp³-hybridized carbons (Fsp3) is 0.538. The van der Waals surface area contributed by atoms with Crippen LogP contribution in [-0.2, 0) is 0 Å². The first-order chi connectivity index (χ1) is 7.50. The van der Waals surface area contributed by atoms with Gasteiger partial charge in [-0.05, 0) is 38.8 Å². The molecule has 0 saturated heterocycles. The van der Waals surface area contributed by atoms with Gasteiger partial charge in [0.05, 0.1) is 6.10 Å². The number of benzene rings is 1. The van der Waals surface area contributed by atoms with Crippen molar-refractivity contribution in [3.05, 3.63) is 34.3 Å². The van der Waals surface area contributed by atoms with Gasteiger partial charge in [0.15, 0.2) is 0 Å². The zero-order valence-electron chi connectivity index (χ0n) is 10.1. The molecule has 1 aromatic rings. The molecular weight excluding hydrogens is 266 g/mol. The summed E-state index contributed by atoms with van der Waals surface area (Å²) in [6, 6.07) is 8.80. The topological polar surface area (TPSA) is 32.3 Å². The van der Waals surface area contributed by atoms with E-state index in [0.717, 1.165) is 10.9 Å². The number of aliphatic hydroxyl groups excluding tert-OH is 1. The number of hydrogen-bond donors (Lipinski definition) is 2. The molecule has 0 saturated carbocycles.